The van der Waals surface area contributed by atoms with Crippen LogP contribution in [0.1, 0.15) is 5.56 Å². The number of methoxy groups -OCH3 is 1. The highest BCUT2D eigenvalue weighted by molar-refractivity contribution is 9.10. The zero-order valence-electron chi connectivity index (χ0n) is 9.54. The SMILES string of the molecule is COCCOCC(=O)Cc1ccc(F)cc1Br. The first-order valence-electron chi connectivity index (χ1n) is 5.16. The molecular weight excluding hydrogens is 291 g/mol. The minimum atomic E-state index is -0.329. The van der Waals surface area contributed by atoms with Crippen LogP contribution < -0.4 is 0 Å². The molecule has 1 aromatic carbocycles. The fraction of sp³-hybridized carbons (Fsp3) is 0.417. The summed E-state index contributed by atoms with van der Waals surface area (Å²) in [6.45, 7) is 0.910. The van der Waals surface area contributed by atoms with Gasteiger partial charge in [-0.05, 0) is 17.7 Å². The second-order valence-corrected chi connectivity index (χ2v) is 4.35. The van der Waals surface area contributed by atoms with E-state index in [9.17, 15) is 9.18 Å². The first kappa shape index (κ1) is 14.3. The normalized spacial score (nSPS) is 10.5. The number of rotatable bonds is 7. The monoisotopic (exact) mass is 304 g/mol. The second-order valence-electron chi connectivity index (χ2n) is 3.50. The molecule has 0 aromatic heterocycles. The van der Waals surface area contributed by atoms with Crippen molar-refractivity contribution in [1.29, 1.82) is 0 Å². The molecule has 0 heterocycles. The molecule has 0 fully saturated rings. The van der Waals surface area contributed by atoms with Gasteiger partial charge in [0, 0.05) is 18.0 Å². The van der Waals surface area contributed by atoms with Gasteiger partial charge in [-0.1, -0.05) is 22.0 Å². The van der Waals surface area contributed by atoms with Crippen molar-refractivity contribution in [2.24, 2.45) is 0 Å². The maximum atomic E-state index is 12.8. The second kappa shape index (κ2) is 7.53. The summed E-state index contributed by atoms with van der Waals surface area (Å²) in [4.78, 5) is 11.5. The molecule has 5 heteroatoms. The molecule has 0 aliphatic rings. The van der Waals surface area contributed by atoms with Crippen LogP contribution in [-0.4, -0.2) is 32.7 Å². The third-order valence-corrected chi connectivity index (χ3v) is 2.84. The van der Waals surface area contributed by atoms with Crippen LogP contribution in [0.5, 0.6) is 0 Å². The molecular formula is C12H14BrFO3. The van der Waals surface area contributed by atoms with E-state index in [4.69, 9.17) is 9.47 Å². The molecule has 0 amide bonds. The van der Waals surface area contributed by atoms with E-state index in [2.05, 4.69) is 15.9 Å². The first-order valence-corrected chi connectivity index (χ1v) is 5.95. The highest BCUT2D eigenvalue weighted by atomic mass is 79.9. The van der Waals surface area contributed by atoms with E-state index >= 15 is 0 Å². The minimum Gasteiger partial charge on any atom is -0.382 e. The zero-order chi connectivity index (χ0) is 12.7. The molecule has 0 aliphatic carbocycles. The summed E-state index contributed by atoms with van der Waals surface area (Å²) < 4.78 is 23.3. The van der Waals surface area contributed by atoms with Crippen molar-refractivity contribution in [3.63, 3.8) is 0 Å². The number of benzene rings is 1. The van der Waals surface area contributed by atoms with Crippen molar-refractivity contribution in [3.05, 3.63) is 34.1 Å². The smallest absolute Gasteiger partial charge is 0.162 e. The van der Waals surface area contributed by atoms with E-state index < -0.39 is 0 Å². The zero-order valence-corrected chi connectivity index (χ0v) is 11.1. The number of carbonyl (C=O) groups is 1. The Labute approximate surface area is 108 Å². The van der Waals surface area contributed by atoms with E-state index in [1.165, 1.54) is 12.1 Å². The average Bonchev–Trinajstić information content (AvgIpc) is 2.28. The molecule has 0 bridgehead atoms. The quantitative estimate of drug-likeness (QED) is 0.726. The standard InChI is InChI=1S/C12H14BrFO3/c1-16-4-5-17-8-11(15)6-9-2-3-10(14)7-12(9)13/h2-3,7H,4-6,8H2,1H3. The third kappa shape index (κ3) is 5.39. The maximum Gasteiger partial charge on any atom is 0.162 e. The van der Waals surface area contributed by atoms with Crippen molar-refractivity contribution < 1.29 is 18.7 Å². The van der Waals surface area contributed by atoms with Gasteiger partial charge in [0.2, 0.25) is 0 Å². The molecule has 0 saturated carbocycles. The molecule has 94 valence electrons. The number of ketones is 1. The van der Waals surface area contributed by atoms with Crippen molar-refractivity contribution in [1.82, 2.24) is 0 Å². The Bertz CT molecular complexity index is 382. The Balaban J connectivity index is 2.40. The van der Waals surface area contributed by atoms with E-state index in [0.717, 1.165) is 5.56 Å². The Morgan fingerprint density at radius 1 is 1.41 bits per heavy atom. The Morgan fingerprint density at radius 3 is 2.82 bits per heavy atom. The van der Waals surface area contributed by atoms with Crippen LogP contribution in [0.15, 0.2) is 22.7 Å². The number of halogens is 2. The largest absolute Gasteiger partial charge is 0.382 e. The third-order valence-electron chi connectivity index (χ3n) is 2.10. The maximum absolute atomic E-state index is 12.8. The fourth-order valence-electron chi connectivity index (χ4n) is 1.26. The Morgan fingerprint density at radius 2 is 2.18 bits per heavy atom. The van der Waals surface area contributed by atoms with Gasteiger partial charge in [0.1, 0.15) is 12.4 Å². The van der Waals surface area contributed by atoms with Gasteiger partial charge in [-0.3, -0.25) is 4.79 Å². The van der Waals surface area contributed by atoms with Crippen LogP contribution >= 0.6 is 15.9 Å². The molecule has 0 aliphatic heterocycles. The highest BCUT2D eigenvalue weighted by Crippen LogP contribution is 2.18. The lowest BCUT2D eigenvalue weighted by atomic mass is 10.1. The number of hydrogen-bond acceptors (Lipinski definition) is 3. The molecule has 0 atom stereocenters. The topological polar surface area (TPSA) is 35.5 Å². The molecule has 0 radical (unpaired) electrons. The van der Waals surface area contributed by atoms with Gasteiger partial charge in [0.05, 0.1) is 13.2 Å². The molecule has 0 spiro atoms. The van der Waals surface area contributed by atoms with Crippen LogP contribution in [0, 0.1) is 5.82 Å². The van der Waals surface area contributed by atoms with Gasteiger partial charge >= 0.3 is 0 Å². The lowest BCUT2D eigenvalue weighted by molar-refractivity contribution is -0.123. The van der Waals surface area contributed by atoms with E-state index in [1.807, 2.05) is 0 Å². The van der Waals surface area contributed by atoms with Gasteiger partial charge in [-0.25, -0.2) is 4.39 Å². The summed E-state index contributed by atoms with van der Waals surface area (Å²) in [5.74, 6) is -0.377. The van der Waals surface area contributed by atoms with Gasteiger partial charge in [0.15, 0.2) is 5.78 Å². The van der Waals surface area contributed by atoms with Gasteiger partial charge in [-0.15, -0.1) is 0 Å². The number of ether oxygens (including phenoxy) is 2. The number of carbonyl (C=O) groups excluding carboxylic acids is 1. The van der Waals surface area contributed by atoms with Crippen LogP contribution in [0.4, 0.5) is 4.39 Å². The molecule has 0 unspecified atom stereocenters. The lowest BCUT2D eigenvalue weighted by Gasteiger charge is -2.05. The Kier molecular flexibility index (Phi) is 6.32. The number of Topliss-reactive ketones (excluding diaryl/α,β-unsaturated/α-hetero) is 1. The van der Waals surface area contributed by atoms with Crippen LogP contribution in [0.3, 0.4) is 0 Å². The lowest BCUT2D eigenvalue weighted by Crippen LogP contribution is -2.14. The predicted molar refractivity (Wildman–Crippen MR) is 65.5 cm³/mol. The van der Waals surface area contributed by atoms with Crippen molar-refractivity contribution in [2.45, 2.75) is 6.42 Å². The van der Waals surface area contributed by atoms with Crippen molar-refractivity contribution >= 4 is 21.7 Å². The minimum absolute atomic E-state index is 0.0478. The summed E-state index contributed by atoms with van der Waals surface area (Å²) in [6.07, 6.45) is 0.230. The first-order chi connectivity index (χ1) is 8.13. The van der Waals surface area contributed by atoms with Crippen LogP contribution in [0.2, 0.25) is 0 Å². The Hall–Kier alpha value is -0.780. The molecule has 3 nitrogen and oxygen atoms in total. The number of hydrogen-bond donors (Lipinski definition) is 0. The molecule has 1 aromatic rings. The van der Waals surface area contributed by atoms with Crippen molar-refractivity contribution in [2.75, 3.05) is 26.9 Å². The van der Waals surface area contributed by atoms with Gasteiger partial charge in [0.25, 0.3) is 0 Å². The van der Waals surface area contributed by atoms with E-state index in [1.54, 1.807) is 13.2 Å². The predicted octanol–water partition coefficient (Wildman–Crippen LogP) is 2.36. The summed E-state index contributed by atoms with van der Waals surface area (Å²) in [5, 5.41) is 0. The summed E-state index contributed by atoms with van der Waals surface area (Å²) in [7, 11) is 1.57. The van der Waals surface area contributed by atoms with Gasteiger partial charge in [-0.2, -0.15) is 0 Å². The van der Waals surface area contributed by atoms with Gasteiger partial charge < -0.3 is 9.47 Å². The average molecular weight is 305 g/mol. The van der Waals surface area contributed by atoms with E-state index in [0.29, 0.717) is 17.7 Å². The van der Waals surface area contributed by atoms with Crippen LogP contribution in [0.25, 0.3) is 0 Å². The molecule has 17 heavy (non-hydrogen) atoms. The molecule has 1 rings (SSSR count). The summed E-state index contributed by atoms with van der Waals surface area (Å²) in [5.41, 5.74) is 0.756. The summed E-state index contributed by atoms with van der Waals surface area (Å²) >= 11 is 3.22. The van der Waals surface area contributed by atoms with E-state index in [-0.39, 0.29) is 24.6 Å². The van der Waals surface area contributed by atoms with Crippen molar-refractivity contribution in [3.8, 4) is 0 Å². The molecule has 0 saturated heterocycles. The molecule has 0 N–H and O–H groups in total. The van der Waals surface area contributed by atoms with Crippen LogP contribution in [-0.2, 0) is 20.7 Å². The summed E-state index contributed by atoms with van der Waals surface area (Å²) in [6, 6.07) is 4.26. The highest BCUT2D eigenvalue weighted by Gasteiger charge is 2.07. The fourth-order valence-corrected chi connectivity index (χ4v) is 1.75.